The maximum Gasteiger partial charge on any atom is 0.258 e. The van der Waals surface area contributed by atoms with Crippen LogP contribution in [-0.4, -0.2) is 56.0 Å². The molecule has 1 amide bonds. The first-order chi connectivity index (χ1) is 19.0. The predicted molar refractivity (Wildman–Crippen MR) is 150 cm³/mol. The van der Waals surface area contributed by atoms with Gasteiger partial charge in [0.1, 0.15) is 0 Å². The molecule has 4 aromatic rings. The lowest BCUT2D eigenvalue weighted by atomic mass is 9.97. The molecule has 2 bridgehead atoms. The number of aromatic nitrogens is 5. The third kappa shape index (κ3) is 4.73. The zero-order valence-corrected chi connectivity index (χ0v) is 22.4. The van der Waals surface area contributed by atoms with Crippen LogP contribution in [0.25, 0.3) is 22.3 Å². The number of hydrogen-bond donors (Lipinski definition) is 3. The maximum atomic E-state index is 13.6. The van der Waals surface area contributed by atoms with Gasteiger partial charge in [-0.05, 0) is 74.8 Å². The third-order valence-corrected chi connectivity index (χ3v) is 8.17. The van der Waals surface area contributed by atoms with E-state index in [1.165, 1.54) is 12.8 Å². The van der Waals surface area contributed by atoms with Crippen molar-refractivity contribution < 1.29 is 9.53 Å². The van der Waals surface area contributed by atoms with Crippen LogP contribution in [0.1, 0.15) is 41.7 Å². The van der Waals surface area contributed by atoms with Crippen LogP contribution in [0.4, 0.5) is 11.6 Å². The number of pyridine rings is 1. The van der Waals surface area contributed by atoms with E-state index in [-0.39, 0.29) is 5.91 Å². The summed E-state index contributed by atoms with van der Waals surface area (Å²) in [5.74, 6) is 2.25. The summed E-state index contributed by atoms with van der Waals surface area (Å²) in [6.07, 6.45) is 6.26. The van der Waals surface area contributed by atoms with E-state index in [1.54, 1.807) is 16.9 Å². The Balaban J connectivity index is 1.30. The van der Waals surface area contributed by atoms with Crippen LogP contribution in [0.3, 0.4) is 0 Å². The maximum absolute atomic E-state index is 13.6. The Morgan fingerprint density at radius 1 is 1.08 bits per heavy atom. The second kappa shape index (κ2) is 9.68. The van der Waals surface area contributed by atoms with E-state index in [1.807, 2.05) is 20.0 Å². The van der Waals surface area contributed by atoms with Crippen molar-refractivity contribution in [2.45, 2.75) is 45.2 Å². The van der Waals surface area contributed by atoms with Crippen molar-refractivity contribution in [3.8, 4) is 17.1 Å². The number of nitrogens with one attached hydrogen (secondary N) is 3. The summed E-state index contributed by atoms with van der Waals surface area (Å²) in [5, 5.41) is 14.4. The van der Waals surface area contributed by atoms with Gasteiger partial charge >= 0.3 is 0 Å². The molecule has 3 N–H and O–H groups in total. The van der Waals surface area contributed by atoms with E-state index in [0.717, 1.165) is 60.5 Å². The lowest BCUT2D eigenvalue weighted by Crippen LogP contribution is -2.51. The highest BCUT2D eigenvalue weighted by Crippen LogP contribution is 2.41. The first kappa shape index (κ1) is 24.1. The van der Waals surface area contributed by atoms with Crippen molar-refractivity contribution in [2.75, 3.05) is 30.3 Å². The average molecular weight is 527 g/mol. The molecule has 0 spiro atoms. The molecule has 202 valence electrons. The number of rotatable bonds is 3. The summed E-state index contributed by atoms with van der Waals surface area (Å²) in [7, 11) is 1.87. The fourth-order valence-corrected chi connectivity index (χ4v) is 5.80. The number of imidazole rings is 1. The van der Waals surface area contributed by atoms with Gasteiger partial charge in [-0.3, -0.25) is 15.1 Å². The monoisotopic (exact) mass is 526 g/mol. The van der Waals surface area contributed by atoms with Gasteiger partial charge in [0.05, 0.1) is 41.1 Å². The molecule has 5 heterocycles. The van der Waals surface area contributed by atoms with Crippen molar-refractivity contribution in [1.29, 1.82) is 0 Å². The van der Waals surface area contributed by atoms with Gasteiger partial charge in [0.2, 0.25) is 11.8 Å². The Bertz CT molecular complexity index is 1550. The summed E-state index contributed by atoms with van der Waals surface area (Å²) in [6.45, 7) is 5.25. The van der Waals surface area contributed by atoms with Crippen molar-refractivity contribution in [2.24, 2.45) is 18.9 Å². The minimum atomic E-state index is -0.207. The Kier molecular flexibility index (Phi) is 5.99. The Morgan fingerprint density at radius 3 is 2.74 bits per heavy atom. The third-order valence-electron chi connectivity index (χ3n) is 8.17. The van der Waals surface area contributed by atoms with Crippen molar-refractivity contribution in [1.82, 2.24) is 29.6 Å². The quantitative estimate of drug-likeness (QED) is 0.370. The van der Waals surface area contributed by atoms with Crippen molar-refractivity contribution in [3.63, 3.8) is 0 Å². The number of nitrogens with zero attached hydrogens (tertiary/aromatic N) is 5. The topological polar surface area (TPSA) is 111 Å². The SMILES string of the molecule is Cc1cc2cc(n1)-c1cnn(C)c1OCCCC(C1CC1)Cn1c(nc3cc(NC4CNC4)ccc31)NC2=O. The lowest BCUT2D eigenvalue weighted by Gasteiger charge is -2.28. The molecule has 2 fully saturated rings. The lowest BCUT2D eigenvalue weighted by molar-refractivity contribution is 0.102. The number of carbonyl (C=O) groups excluding carboxylic acids is 1. The Labute approximate surface area is 227 Å². The molecule has 1 saturated carbocycles. The van der Waals surface area contributed by atoms with Gasteiger partial charge in [-0.2, -0.15) is 5.10 Å². The molecule has 3 aromatic heterocycles. The van der Waals surface area contributed by atoms with Gasteiger partial charge in [0, 0.05) is 43.6 Å². The average Bonchev–Trinajstić information content (AvgIpc) is 3.60. The van der Waals surface area contributed by atoms with Crippen LogP contribution >= 0.6 is 0 Å². The minimum Gasteiger partial charge on any atom is -0.477 e. The zero-order valence-electron chi connectivity index (χ0n) is 22.4. The number of anilines is 2. The Morgan fingerprint density at radius 2 is 1.95 bits per heavy atom. The Hall–Kier alpha value is -3.92. The van der Waals surface area contributed by atoms with Gasteiger partial charge in [0.25, 0.3) is 5.91 Å². The molecule has 10 heteroatoms. The number of ether oxygens (including phenoxy) is 1. The normalized spacial score (nSPS) is 20.2. The van der Waals surface area contributed by atoms with Crippen LogP contribution in [0, 0.1) is 18.8 Å². The van der Waals surface area contributed by atoms with Gasteiger partial charge in [-0.15, -0.1) is 0 Å². The fourth-order valence-electron chi connectivity index (χ4n) is 5.80. The van der Waals surface area contributed by atoms with Crippen LogP contribution in [0.2, 0.25) is 0 Å². The minimum absolute atomic E-state index is 0.207. The molecule has 0 radical (unpaired) electrons. The van der Waals surface area contributed by atoms with Crippen molar-refractivity contribution >= 4 is 28.6 Å². The molecular weight excluding hydrogens is 492 g/mol. The van der Waals surface area contributed by atoms with Crippen LogP contribution in [0.15, 0.2) is 36.5 Å². The van der Waals surface area contributed by atoms with E-state index in [9.17, 15) is 4.79 Å². The second-order valence-corrected chi connectivity index (χ2v) is 11.2. The zero-order chi connectivity index (χ0) is 26.5. The van der Waals surface area contributed by atoms with E-state index < -0.39 is 0 Å². The number of carbonyl (C=O) groups is 1. The fraction of sp³-hybridized carbons (Fsp3) is 0.448. The molecule has 1 saturated heterocycles. The highest BCUT2D eigenvalue weighted by Gasteiger charge is 2.32. The van der Waals surface area contributed by atoms with Gasteiger partial charge in [-0.25, -0.2) is 9.67 Å². The summed E-state index contributed by atoms with van der Waals surface area (Å²) >= 11 is 0. The van der Waals surface area contributed by atoms with Crippen LogP contribution in [-0.2, 0) is 13.6 Å². The van der Waals surface area contributed by atoms with Gasteiger partial charge < -0.3 is 19.9 Å². The molecule has 39 heavy (non-hydrogen) atoms. The molecule has 1 aliphatic carbocycles. The number of benzene rings is 1. The molecule has 2 aliphatic heterocycles. The molecule has 3 aliphatic rings. The molecule has 1 aromatic carbocycles. The van der Waals surface area contributed by atoms with E-state index >= 15 is 0 Å². The number of hydrogen-bond acceptors (Lipinski definition) is 7. The first-order valence-corrected chi connectivity index (χ1v) is 13.9. The van der Waals surface area contributed by atoms with Crippen LogP contribution < -0.4 is 20.7 Å². The summed E-state index contributed by atoms with van der Waals surface area (Å²) in [6, 6.07) is 10.4. The predicted octanol–water partition coefficient (Wildman–Crippen LogP) is 3.98. The van der Waals surface area contributed by atoms with Gasteiger partial charge in [-0.1, -0.05) is 0 Å². The molecule has 10 nitrogen and oxygen atoms in total. The van der Waals surface area contributed by atoms with Gasteiger partial charge in [0.15, 0.2) is 0 Å². The van der Waals surface area contributed by atoms with E-state index in [4.69, 9.17) is 14.7 Å². The summed E-state index contributed by atoms with van der Waals surface area (Å²) < 4.78 is 10.2. The molecule has 1 unspecified atom stereocenters. The number of fused-ring (bicyclic) bond motifs is 7. The standard InChI is InChI=1S/C29H34N8O2/c1-17-10-20-11-24(32-17)23-15-31-36(2)28(23)39-9-3-4-19(18-5-6-18)16-37-26-8-7-21(33-22-13-30-14-22)12-25(26)34-29(37)35-27(20)38/h7-8,10-12,15,18-19,22,30,33H,3-6,9,13-14,16H2,1-2H3,(H,34,35,38). The van der Waals surface area contributed by atoms with E-state index in [0.29, 0.717) is 47.6 Å². The molecule has 7 rings (SSSR count). The highest BCUT2D eigenvalue weighted by molar-refractivity contribution is 6.05. The second-order valence-electron chi connectivity index (χ2n) is 11.2. The summed E-state index contributed by atoms with van der Waals surface area (Å²) in [4.78, 5) is 23.3. The largest absolute Gasteiger partial charge is 0.477 e. The molecular formula is C29H34N8O2. The van der Waals surface area contributed by atoms with E-state index in [2.05, 4.69) is 43.8 Å². The number of amides is 1. The first-order valence-electron chi connectivity index (χ1n) is 13.9. The smallest absolute Gasteiger partial charge is 0.258 e. The van der Waals surface area contributed by atoms with Crippen LogP contribution in [0.5, 0.6) is 5.88 Å². The summed E-state index contributed by atoms with van der Waals surface area (Å²) in [5.41, 5.74) is 5.71. The molecule has 1 atom stereocenters. The van der Waals surface area contributed by atoms with Crippen molar-refractivity contribution in [3.05, 3.63) is 47.8 Å². The number of aryl methyl sites for hydroxylation is 2. The highest BCUT2D eigenvalue weighted by atomic mass is 16.5.